The van der Waals surface area contributed by atoms with Gasteiger partial charge in [-0.3, -0.25) is 19.2 Å². The van der Waals surface area contributed by atoms with Gasteiger partial charge in [-0.2, -0.15) is 0 Å². The molecule has 1 fully saturated rings. The van der Waals surface area contributed by atoms with Crippen molar-refractivity contribution in [2.75, 3.05) is 11.9 Å². The Bertz CT molecular complexity index is 722. The molecule has 9 N–H and O–H groups in total. The van der Waals surface area contributed by atoms with Gasteiger partial charge in [0, 0.05) is 30.1 Å². The molecule has 206 valence electrons. The fourth-order valence-electron chi connectivity index (χ4n) is 2.90. The van der Waals surface area contributed by atoms with E-state index in [0.717, 1.165) is 24.8 Å². The summed E-state index contributed by atoms with van der Waals surface area (Å²) in [6.45, 7) is 4.30. The zero-order chi connectivity index (χ0) is 27.8. The number of anilines is 1. The van der Waals surface area contributed by atoms with Crippen LogP contribution in [-0.4, -0.2) is 53.0 Å². The standard InChI is InChI=1S/C11H13NO2.C6H13N.C5H12N2O2.C4H8O2/c1-2-3-11(14)12-10-6-4-9(8-13)5-7-10;7-6-4-2-1-3-5-6;6-3-1-2-4(7)5(8)9;1-2-3-4(5)6/h4-8H,2-3H2,1H3,(H,12,14);6H,1-5,7H2;4H,1-3,6-7H2,(H,8,9);2-3H2,1H3,(H,5,6)/t;;4-;/m..0./s1. The number of carbonyl (C=O) groups is 4. The van der Waals surface area contributed by atoms with Crippen LogP contribution in [0.1, 0.15) is 94.8 Å². The highest BCUT2D eigenvalue weighted by Gasteiger charge is 2.09. The Balaban J connectivity index is 0. The minimum Gasteiger partial charge on any atom is -0.481 e. The Morgan fingerprint density at radius 2 is 1.58 bits per heavy atom. The lowest BCUT2D eigenvalue weighted by Gasteiger charge is -2.15. The summed E-state index contributed by atoms with van der Waals surface area (Å²) in [7, 11) is 0. The highest BCUT2D eigenvalue weighted by molar-refractivity contribution is 5.91. The van der Waals surface area contributed by atoms with E-state index in [1.807, 2.05) is 13.8 Å². The first-order valence-corrected chi connectivity index (χ1v) is 12.6. The molecule has 0 unspecified atom stereocenters. The van der Waals surface area contributed by atoms with E-state index in [2.05, 4.69) is 5.32 Å². The molecular formula is C26H46N4O6. The molecule has 1 amide bonds. The van der Waals surface area contributed by atoms with Gasteiger partial charge < -0.3 is 32.7 Å². The number of carboxylic acid groups (broad SMARTS) is 2. The number of aldehydes is 1. The molecule has 36 heavy (non-hydrogen) atoms. The van der Waals surface area contributed by atoms with Crippen molar-refractivity contribution in [3.05, 3.63) is 29.8 Å². The number of nitrogens with two attached hydrogens (primary N) is 3. The van der Waals surface area contributed by atoms with Gasteiger partial charge in [-0.25, -0.2) is 0 Å². The number of aliphatic carboxylic acids is 2. The molecule has 1 aromatic carbocycles. The van der Waals surface area contributed by atoms with E-state index >= 15 is 0 Å². The van der Waals surface area contributed by atoms with E-state index < -0.39 is 18.0 Å². The maximum absolute atomic E-state index is 11.2. The first-order valence-electron chi connectivity index (χ1n) is 12.6. The molecule has 0 spiro atoms. The third-order valence-corrected chi connectivity index (χ3v) is 4.96. The first kappa shape index (κ1) is 35.3. The van der Waals surface area contributed by atoms with E-state index in [4.69, 9.17) is 27.4 Å². The summed E-state index contributed by atoms with van der Waals surface area (Å²) in [5.41, 5.74) is 17.3. The number of rotatable bonds is 10. The summed E-state index contributed by atoms with van der Waals surface area (Å²) >= 11 is 0. The van der Waals surface area contributed by atoms with Gasteiger partial charge in [-0.1, -0.05) is 33.1 Å². The summed E-state index contributed by atoms with van der Waals surface area (Å²) < 4.78 is 0. The highest BCUT2D eigenvalue weighted by atomic mass is 16.4. The normalized spacial score (nSPS) is 13.2. The topological polar surface area (TPSA) is 199 Å². The molecule has 0 aliphatic heterocycles. The van der Waals surface area contributed by atoms with Gasteiger partial charge >= 0.3 is 11.9 Å². The molecule has 2 rings (SSSR count). The highest BCUT2D eigenvalue weighted by Crippen LogP contribution is 2.14. The van der Waals surface area contributed by atoms with Gasteiger partial charge in [0.2, 0.25) is 5.91 Å². The molecule has 10 heteroatoms. The number of benzene rings is 1. The lowest BCUT2D eigenvalue weighted by atomic mass is 9.97. The van der Waals surface area contributed by atoms with Gasteiger partial charge in [0.25, 0.3) is 0 Å². The van der Waals surface area contributed by atoms with Crippen LogP contribution in [0.15, 0.2) is 24.3 Å². The Kier molecular flexibility index (Phi) is 23.5. The van der Waals surface area contributed by atoms with E-state index in [9.17, 15) is 19.2 Å². The second kappa shape index (κ2) is 23.9. The third kappa shape index (κ3) is 22.9. The van der Waals surface area contributed by atoms with Crippen molar-refractivity contribution in [3.8, 4) is 0 Å². The van der Waals surface area contributed by atoms with Crippen molar-refractivity contribution in [1.29, 1.82) is 0 Å². The number of hydrogen-bond acceptors (Lipinski definition) is 7. The minimum atomic E-state index is -0.955. The van der Waals surface area contributed by atoms with Crippen molar-refractivity contribution in [2.24, 2.45) is 17.2 Å². The van der Waals surface area contributed by atoms with Crippen LogP contribution in [0.2, 0.25) is 0 Å². The molecule has 1 saturated carbocycles. The predicted octanol–water partition coefficient (Wildman–Crippen LogP) is 3.52. The van der Waals surface area contributed by atoms with Crippen LogP contribution in [0.4, 0.5) is 5.69 Å². The number of nitrogens with one attached hydrogen (secondary N) is 1. The fourth-order valence-corrected chi connectivity index (χ4v) is 2.90. The summed E-state index contributed by atoms with van der Waals surface area (Å²) in [4.78, 5) is 41.2. The Morgan fingerprint density at radius 1 is 1.03 bits per heavy atom. The van der Waals surface area contributed by atoms with E-state index in [1.54, 1.807) is 24.3 Å². The van der Waals surface area contributed by atoms with Crippen molar-refractivity contribution in [3.63, 3.8) is 0 Å². The molecule has 0 bridgehead atoms. The summed E-state index contributed by atoms with van der Waals surface area (Å²) in [6.07, 6.45) is 11.0. The van der Waals surface area contributed by atoms with Crippen molar-refractivity contribution < 1.29 is 29.4 Å². The van der Waals surface area contributed by atoms with Gasteiger partial charge in [-0.15, -0.1) is 0 Å². The molecule has 10 nitrogen and oxygen atoms in total. The fraction of sp³-hybridized carbons (Fsp3) is 0.615. The van der Waals surface area contributed by atoms with Crippen LogP contribution in [0.5, 0.6) is 0 Å². The van der Waals surface area contributed by atoms with Gasteiger partial charge in [-0.05, 0) is 69.3 Å². The second-order valence-electron chi connectivity index (χ2n) is 8.46. The van der Waals surface area contributed by atoms with Crippen molar-refractivity contribution in [1.82, 2.24) is 0 Å². The Morgan fingerprint density at radius 3 is 1.92 bits per heavy atom. The third-order valence-electron chi connectivity index (χ3n) is 4.96. The van der Waals surface area contributed by atoms with Crippen LogP contribution in [0.3, 0.4) is 0 Å². The molecule has 0 heterocycles. The average molecular weight is 511 g/mol. The summed E-state index contributed by atoms with van der Waals surface area (Å²) in [5.74, 6) is -1.66. The molecule has 1 aliphatic carbocycles. The monoisotopic (exact) mass is 510 g/mol. The molecule has 1 aromatic rings. The molecule has 1 atom stereocenters. The second-order valence-corrected chi connectivity index (χ2v) is 8.46. The van der Waals surface area contributed by atoms with Crippen molar-refractivity contribution in [2.45, 2.75) is 96.6 Å². The maximum Gasteiger partial charge on any atom is 0.320 e. The summed E-state index contributed by atoms with van der Waals surface area (Å²) in [6, 6.07) is 6.58. The zero-order valence-corrected chi connectivity index (χ0v) is 21.8. The van der Waals surface area contributed by atoms with Gasteiger partial charge in [0.1, 0.15) is 12.3 Å². The number of carbonyl (C=O) groups excluding carboxylic acids is 2. The van der Waals surface area contributed by atoms with Crippen LogP contribution in [0, 0.1) is 0 Å². The molecule has 1 aliphatic rings. The largest absolute Gasteiger partial charge is 0.481 e. The van der Waals surface area contributed by atoms with E-state index in [0.29, 0.717) is 43.8 Å². The minimum absolute atomic E-state index is 0.00588. The Hall–Kier alpha value is -2.82. The molecular weight excluding hydrogens is 464 g/mol. The zero-order valence-electron chi connectivity index (χ0n) is 21.8. The SMILES string of the molecule is CCCC(=O)Nc1ccc(C=O)cc1.CCCC(=O)O.NC1CCCCC1.NCCC[C@H](N)C(=O)O. The van der Waals surface area contributed by atoms with Gasteiger partial charge in [0.05, 0.1) is 0 Å². The van der Waals surface area contributed by atoms with Crippen LogP contribution < -0.4 is 22.5 Å². The lowest BCUT2D eigenvalue weighted by molar-refractivity contribution is -0.139. The van der Waals surface area contributed by atoms with Gasteiger partial charge in [0.15, 0.2) is 0 Å². The number of carboxylic acids is 2. The number of amides is 1. The van der Waals surface area contributed by atoms with E-state index in [-0.39, 0.29) is 5.91 Å². The molecule has 0 radical (unpaired) electrons. The molecule has 0 saturated heterocycles. The number of hydrogen-bond donors (Lipinski definition) is 6. The molecule has 0 aromatic heterocycles. The first-order chi connectivity index (χ1) is 17.1. The van der Waals surface area contributed by atoms with E-state index in [1.165, 1.54) is 32.1 Å². The smallest absolute Gasteiger partial charge is 0.320 e. The Labute approximate surface area is 215 Å². The van der Waals surface area contributed by atoms with Crippen LogP contribution in [0.25, 0.3) is 0 Å². The average Bonchev–Trinajstić information content (AvgIpc) is 2.84. The lowest BCUT2D eigenvalue weighted by Crippen LogP contribution is -2.30. The quantitative estimate of drug-likeness (QED) is 0.255. The van der Waals surface area contributed by atoms with Crippen LogP contribution in [-0.2, 0) is 14.4 Å². The van der Waals surface area contributed by atoms with Crippen LogP contribution >= 0.6 is 0 Å². The predicted molar refractivity (Wildman–Crippen MR) is 143 cm³/mol. The maximum atomic E-state index is 11.2. The van der Waals surface area contributed by atoms with Crippen molar-refractivity contribution >= 4 is 29.8 Å². The summed E-state index contributed by atoms with van der Waals surface area (Å²) in [5, 5.41) is 18.9.